The van der Waals surface area contributed by atoms with Crippen LogP contribution in [0.4, 0.5) is 4.39 Å². The number of allylic oxidation sites excluding steroid dienone is 2. The maximum atomic E-state index is 14.8. The van der Waals surface area contributed by atoms with Gasteiger partial charge in [-0.2, -0.15) is 0 Å². The van der Waals surface area contributed by atoms with Crippen LogP contribution in [-0.4, -0.2) is 40.1 Å². The molecule has 29 heavy (non-hydrogen) atoms. The minimum Gasteiger partial charge on any atom is -0.463 e. The Bertz CT molecular complexity index is 662. The Hall–Kier alpha value is -0.600. The molecule has 0 spiro atoms. The zero-order chi connectivity index (χ0) is 21.2. The molecule has 6 heteroatoms. The summed E-state index contributed by atoms with van der Waals surface area (Å²) in [5.41, 5.74) is 2.53. The van der Waals surface area contributed by atoms with Crippen LogP contribution in [-0.2, 0) is 9.53 Å². The summed E-state index contributed by atoms with van der Waals surface area (Å²) >= 11 is 4.07. The van der Waals surface area contributed by atoms with Crippen LogP contribution in [0.25, 0.3) is 0 Å². The predicted octanol–water partition coefficient (Wildman–Crippen LogP) is 5.83. The fourth-order valence-corrected chi connectivity index (χ4v) is 6.41. The van der Waals surface area contributed by atoms with Gasteiger partial charge < -0.3 is 9.84 Å². The number of benzene rings is 1. The highest BCUT2D eigenvalue weighted by molar-refractivity contribution is 14.1. The first kappa shape index (κ1) is 24.7. The van der Waals surface area contributed by atoms with E-state index in [1.165, 1.54) is 16.0 Å². The molecule has 1 aliphatic rings. The standard InChI is InChI=1S/C23H32FIO3S/c1-16-8-7-9-17(2)23(16)29-15-19-18(14-20(25)22(19)24)10-5-3-4-6-11-21(27)28-13-12-26/h3,5,7-9,18-20,22,26H,4,6,10-15H2,1-2H3/b5-3-/t18-,19+,20?,22?/m0/s1. The Labute approximate surface area is 192 Å². The fourth-order valence-electron chi connectivity index (χ4n) is 3.81. The zero-order valence-electron chi connectivity index (χ0n) is 17.3. The summed E-state index contributed by atoms with van der Waals surface area (Å²) in [4.78, 5) is 12.7. The second kappa shape index (κ2) is 13.0. The number of hydrogen-bond acceptors (Lipinski definition) is 4. The Morgan fingerprint density at radius 1 is 1.34 bits per heavy atom. The summed E-state index contributed by atoms with van der Waals surface area (Å²) in [7, 11) is 0. The van der Waals surface area contributed by atoms with Crippen molar-refractivity contribution in [1.29, 1.82) is 0 Å². The molecule has 0 aromatic heterocycles. The van der Waals surface area contributed by atoms with Gasteiger partial charge in [0.2, 0.25) is 0 Å². The summed E-state index contributed by atoms with van der Waals surface area (Å²) in [5.74, 6) is 1.01. The van der Waals surface area contributed by atoms with Gasteiger partial charge in [0.15, 0.2) is 0 Å². The molecule has 3 nitrogen and oxygen atoms in total. The number of unbranched alkanes of at least 4 members (excludes halogenated alkanes) is 1. The van der Waals surface area contributed by atoms with Crippen LogP contribution < -0.4 is 0 Å². The van der Waals surface area contributed by atoms with Crippen LogP contribution >= 0.6 is 34.4 Å². The van der Waals surface area contributed by atoms with Gasteiger partial charge in [-0.3, -0.25) is 4.79 Å². The molecule has 2 rings (SSSR count). The lowest BCUT2D eigenvalue weighted by atomic mass is 9.93. The molecular formula is C23H32FIO3S. The van der Waals surface area contributed by atoms with E-state index in [1.54, 1.807) is 11.8 Å². The van der Waals surface area contributed by atoms with Gasteiger partial charge in [-0.1, -0.05) is 52.9 Å². The minimum absolute atomic E-state index is 0.0691. The average Bonchev–Trinajstić information content (AvgIpc) is 2.96. The van der Waals surface area contributed by atoms with Crippen molar-refractivity contribution in [2.45, 2.75) is 60.9 Å². The first-order valence-electron chi connectivity index (χ1n) is 10.3. The van der Waals surface area contributed by atoms with Gasteiger partial charge in [0, 0.05) is 26.9 Å². The van der Waals surface area contributed by atoms with Gasteiger partial charge in [0.1, 0.15) is 12.8 Å². The van der Waals surface area contributed by atoms with Crippen molar-refractivity contribution >= 4 is 40.3 Å². The van der Waals surface area contributed by atoms with E-state index in [0.29, 0.717) is 12.3 Å². The number of thioether (sulfide) groups is 1. The largest absolute Gasteiger partial charge is 0.463 e. The topological polar surface area (TPSA) is 46.5 Å². The molecule has 0 bridgehead atoms. The van der Waals surface area contributed by atoms with Gasteiger partial charge in [0.05, 0.1) is 6.61 Å². The van der Waals surface area contributed by atoms with E-state index in [2.05, 4.69) is 66.8 Å². The van der Waals surface area contributed by atoms with Gasteiger partial charge >= 0.3 is 5.97 Å². The molecule has 0 radical (unpaired) electrons. The third-order valence-corrected chi connectivity index (χ3v) is 8.11. The van der Waals surface area contributed by atoms with Crippen LogP contribution in [0.1, 0.15) is 43.2 Å². The van der Waals surface area contributed by atoms with Crippen molar-refractivity contribution in [3.05, 3.63) is 41.5 Å². The smallest absolute Gasteiger partial charge is 0.305 e. The summed E-state index contributed by atoms with van der Waals surface area (Å²) in [6, 6.07) is 6.32. The van der Waals surface area contributed by atoms with E-state index < -0.39 is 6.17 Å². The SMILES string of the molecule is Cc1cccc(C)c1SC[C@H]1C(F)C(I)C[C@@H]1C/C=C\CCCC(=O)OCCO. The van der Waals surface area contributed by atoms with E-state index in [1.807, 2.05) is 0 Å². The molecule has 1 aromatic rings. The molecular weight excluding hydrogens is 502 g/mol. The average molecular weight is 534 g/mol. The predicted molar refractivity (Wildman–Crippen MR) is 127 cm³/mol. The number of rotatable bonds is 11. The maximum absolute atomic E-state index is 14.8. The monoisotopic (exact) mass is 534 g/mol. The summed E-state index contributed by atoms with van der Waals surface area (Å²) < 4.78 is 19.8. The van der Waals surface area contributed by atoms with Gasteiger partial charge in [0.25, 0.3) is 0 Å². The molecule has 162 valence electrons. The summed E-state index contributed by atoms with van der Waals surface area (Å²) in [6.45, 7) is 4.18. The first-order chi connectivity index (χ1) is 13.9. The fraction of sp³-hybridized carbons (Fsp3) is 0.609. The van der Waals surface area contributed by atoms with Crippen LogP contribution in [0, 0.1) is 25.7 Å². The summed E-state index contributed by atoms with van der Waals surface area (Å²) in [6.07, 6.45) is 7.25. The molecule has 0 heterocycles. The number of esters is 1. The number of halogens is 2. The number of aliphatic hydroxyl groups is 1. The third kappa shape index (κ3) is 7.87. The van der Waals surface area contributed by atoms with Crippen molar-refractivity contribution in [2.24, 2.45) is 11.8 Å². The molecule has 0 saturated heterocycles. The number of alkyl halides is 2. The molecule has 4 atom stereocenters. The van der Waals surface area contributed by atoms with E-state index in [9.17, 15) is 9.18 Å². The molecule has 1 aromatic carbocycles. The lowest BCUT2D eigenvalue weighted by Gasteiger charge is -2.21. The van der Waals surface area contributed by atoms with Crippen LogP contribution in [0.15, 0.2) is 35.2 Å². The Morgan fingerprint density at radius 3 is 2.76 bits per heavy atom. The first-order valence-corrected chi connectivity index (χ1v) is 12.6. The normalized spacial score (nSPS) is 24.3. The van der Waals surface area contributed by atoms with Crippen molar-refractivity contribution in [2.75, 3.05) is 19.0 Å². The van der Waals surface area contributed by atoms with E-state index in [4.69, 9.17) is 9.84 Å². The molecule has 1 aliphatic carbocycles. The number of carbonyl (C=O) groups excluding carboxylic acids is 1. The third-order valence-electron chi connectivity index (χ3n) is 5.43. The Balaban J connectivity index is 1.80. The van der Waals surface area contributed by atoms with Crippen LogP contribution in [0.2, 0.25) is 0 Å². The number of aliphatic hydroxyl groups excluding tert-OH is 1. The van der Waals surface area contributed by atoms with Crippen LogP contribution in [0.3, 0.4) is 0 Å². The van der Waals surface area contributed by atoms with Gasteiger partial charge in [-0.25, -0.2) is 4.39 Å². The second-order valence-electron chi connectivity index (χ2n) is 7.70. The van der Waals surface area contributed by atoms with Crippen molar-refractivity contribution in [1.82, 2.24) is 0 Å². The lowest BCUT2D eigenvalue weighted by molar-refractivity contribution is -0.144. The molecule has 0 aliphatic heterocycles. The molecule has 1 saturated carbocycles. The zero-order valence-corrected chi connectivity index (χ0v) is 20.3. The van der Waals surface area contributed by atoms with E-state index >= 15 is 0 Å². The lowest BCUT2D eigenvalue weighted by Crippen LogP contribution is -2.21. The molecule has 0 amide bonds. The minimum atomic E-state index is -0.743. The van der Waals surface area contributed by atoms with Crippen molar-refractivity contribution in [3.63, 3.8) is 0 Å². The quantitative estimate of drug-likeness (QED) is 0.0970. The second-order valence-corrected chi connectivity index (χ2v) is 10.3. The van der Waals surface area contributed by atoms with Gasteiger partial charge in [-0.15, -0.1) is 11.8 Å². The highest BCUT2D eigenvalue weighted by Crippen LogP contribution is 2.44. The van der Waals surface area contributed by atoms with Crippen molar-refractivity contribution in [3.8, 4) is 0 Å². The highest BCUT2D eigenvalue weighted by Gasteiger charge is 2.41. The number of aryl methyl sites for hydroxylation is 2. The maximum Gasteiger partial charge on any atom is 0.305 e. The Kier molecular flexibility index (Phi) is 11.0. The Morgan fingerprint density at radius 2 is 2.07 bits per heavy atom. The van der Waals surface area contributed by atoms with Crippen LogP contribution in [0.5, 0.6) is 0 Å². The number of hydrogen-bond donors (Lipinski definition) is 1. The highest BCUT2D eigenvalue weighted by atomic mass is 127. The molecule has 1 fully saturated rings. The molecule has 2 unspecified atom stereocenters. The number of carbonyl (C=O) groups is 1. The summed E-state index contributed by atoms with van der Waals surface area (Å²) in [5, 5.41) is 8.63. The number of ether oxygens (including phenoxy) is 1. The van der Waals surface area contributed by atoms with E-state index in [0.717, 1.165) is 31.4 Å². The van der Waals surface area contributed by atoms with E-state index in [-0.39, 0.29) is 29.0 Å². The van der Waals surface area contributed by atoms with Crippen molar-refractivity contribution < 1.29 is 19.0 Å². The molecule has 1 N–H and O–H groups in total. The van der Waals surface area contributed by atoms with Gasteiger partial charge in [-0.05, 0) is 56.6 Å².